The second kappa shape index (κ2) is 5.83. The summed E-state index contributed by atoms with van der Waals surface area (Å²) in [5.74, 6) is 4.65. The van der Waals surface area contributed by atoms with Gasteiger partial charge >= 0.3 is 0 Å². The summed E-state index contributed by atoms with van der Waals surface area (Å²) >= 11 is 0. The molecule has 0 aromatic heterocycles. The van der Waals surface area contributed by atoms with Gasteiger partial charge in [-0.15, -0.1) is 0 Å². The molecule has 2 heteroatoms. The highest BCUT2D eigenvalue weighted by atomic mass is 19.1. The van der Waals surface area contributed by atoms with Crippen molar-refractivity contribution in [2.75, 3.05) is 6.67 Å². The van der Waals surface area contributed by atoms with Crippen LogP contribution >= 0.6 is 0 Å². The maximum absolute atomic E-state index is 13.2. The van der Waals surface area contributed by atoms with Gasteiger partial charge in [0.1, 0.15) is 6.67 Å². The lowest BCUT2D eigenvalue weighted by Gasteiger charge is -2.57. The molecule has 1 N–H and O–H groups in total. The van der Waals surface area contributed by atoms with Crippen LogP contribution in [0, 0.1) is 40.9 Å². The Morgan fingerprint density at radius 2 is 1.79 bits per heavy atom. The topological polar surface area (TPSA) is 20.2 Å². The molecule has 1 nitrogen and oxygen atoms in total. The number of alkyl halides is 1. The highest BCUT2D eigenvalue weighted by molar-refractivity contribution is 5.14. The molecule has 0 aromatic rings. The van der Waals surface area contributed by atoms with E-state index in [-0.39, 0.29) is 0 Å². The summed E-state index contributed by atoms with van der Waals surface area (Å²) in [6, 6.07) is 0. The summed E-state index contributed by atoms with van der Waals surface area (Å²) in [4.78, 5) is 0. The van der Waals surface area contributed by atoms with Gasteiger partial charge in [0.25, 0.3) is 0 Å². The molecular weight excluding hydrogens is 299 g/mol. The zero-order chi connectivity index (χ0) is 17.1. The van der Waals surface area contributed by atoms with Crippen LogP contribution in [0.2, 0.25) is 0 Å². The second-order valence-electron chi connectivity index (χ2n) is 10.1. The average Bonchev–Trinajstić information content (AvgIpc) is 2.91. The average molecular weight is 335 g/mol. The van der Waals surface area contributed by atoms with Gasteiger partial charge in [-0.25, -0.2) is 4.39 Å². The Kier molecular flexibility index (Phi) is 4.14. The van der Waals surface area contributed by atoms with Gasteiger partial charge in [-0.2, -0.15) is 0 Å². The first kappa shape index (κ1) is 17.1. The second-order valence-corrected chi connectivity index (χ2v) is 10.1. The number of aliphatic hydroxyl groups is 1. The molecule has 4 fully saturated rings. The van der Waals surface area contributed by atoms with E-state index in [0.29, 0.717) is 24.2 Å². The van der Waals surface area contributed by atoms with Gasteiger partial charge in [-0.3, -0.25) is 0 Å². The van der Waals surface area contributed by atoms with Crippen LogP contribution in [0.4, 0.5) is 4.39 Å². The van der Waals surface area contributed by atoms with Crippen LogP contribution in [-0.2, 0) is 0 Å². The summed E-state index contributed by atoms with van der Waals surface area (Å²) < 4.78 is 13.2. The van der Waals surface area contributed by atoms with E-state index in [0.717, 1.165) is 36.0 Å². The van der Waals surface area contributed by atoms with E-state index < -0.39 is 12.3 Å². The predicted molar refractivity (Wildman–Crippen MR) is 96.3 cm³/mol. The molecule has 136 valence electrons. The largest absolute Gasteiger partial charge is 0.387 e. The number of allylic oxidation sites excluding steroid dienone is 1. The lowest BCUT2D eigenvalue weighted by molar-refractivity contribution is -0.110. The molecule has 4 aliphatic carbocycles. The van der Waals surface area contributed by atoms with Crippen molar-refractivity contribution >= 4 is 0 Å². The van der Waals surface area contributed by atoms with Gasteiger partial charge < -0.3 is 5.11 Å². The predicted octanol–water partition coefficient (Wildman–Crippen LogP) is 5.53. The van der Waals surface area contributed by atoms with Crippen molar-refractivity contribution in [1.82, 2.24) is 0 Å². The maximum atomic E-state index is 13.2. The minimum atomic E-state index is -1.00. The molecule has 0 aromatic carbocycles. The molecule has 0 radical (unpaired) electrons. The molecule has 0 heterocycles. The molecule has 4 rings (SSSR count). The number of hydrogen-bond donors (Lipinski definition) is 1. The van der Waals surface area contributed by atoms with Gasteiger partial charge in [-0.05, 0) is 106 Å². The molecule has 0 unspecified atom stereocenters. The summed E-state index contributed by atoms with van der Waals surface area (Å²) in [5.41, 5.74) is 0.877. The van der Waals surface area contributed by atoms with Crippen LogP contribution in [0.25, 0.3) is 0 Å². The summed E-state index contributed by atoms with van der Waals surface area (Å²) in [6.45, 7) is 8.54. The van der Waals surface area contributed by atoms with Crippen LogP contribution < -0.4 is 0 Å². The van der Waals surface area contributed by atoms with E-state index in [1.807, 2.05) is 0 Å². The molecular formula is C22H35FO. The van der Waals surface area contributed by atoms with E-state index in [9.17, 15) is 9.50 Å². The van der Waals surface area contributed by atoms with Gasteiger partial charge in [0, 0.05) is 0 Å². The molecule has 0 saturated heterocycles. The molecule has 4 aliphatic rings. The standard InChI is InChI=1S/C22H35FO/c1-14(2)19-6-7-20-18-5-4-15-12-22(24,13-23)11-9-16(15)17(18)8-10-21(19,20)3/h15-20,24H,1,4-13H2,2-3H3/t15-,16-,17+,18+,19+,20-,21+,22-/m0/s1. The Hall–Kier alpha value is -0.370. The van der Waals surface area contributed by atoms with E-state index in [2.05, 4.69) is 20.4 Å². The first-order valence-electron chi connectivity index (χ1n) is 10.3. The molecule has 0 spiro atoms. The van der Waals surface area contributed by atoms with Gasteiger partial charge in [0.2, 0.25) is 0 Å². The SMILES string of the molecule is C=C(C)[C@H]1CC[C@H]2[C@@H]3CC[C@H]4C[C@](O)(CF)CC[C@@H]4[C@H]3CC[C@]12C. The number of fused-ring (bicyclic) bond motifs is 5. The minimum Gasteiger partial charge on any atom is -0.387 e. The zero-order valence-electron chi connectivity index (χ0n) is 15.6. The van der Waals surface area contributed by atoms with E-state index in [1.54, 1.807) is 0 Å². The smallest absolute Gasteiger partial charge is 0.118 e. The molecule has 4 saturated carbocycles. The van der Waals surface area contributed by atoms with Crippen LogP contribution in [0.15, 0.2) is 12.2 Å². The fraction of sp³-hybridized carbons (Fsp3) is 0.909. The third-order valence-corrected chi connectivity index (χ3v) is 8.95. The third kappa shape index (κ3) is 2.42. The number of hydrogen-bond acceptors (Lipinski definition) is 1. The summed E-state index contributed by atoms with van der Waals surface area (Å²) in [6.07, 6.45) is 10.4. The highest BCUT2D eigenvalue weighted by Gasteiger charge is 2.57. The Labute approximate surface area is 147 Å². The lowest BCUT2D eigenvalue weighted by atomic mass is 9.49. The van der Waals surface area contributed by atoms with Crippen molar-refractivity contribution in [1.29, 1.82) is 0 Å². The van der Waals surface area contributed by atoms with Crippen molar-refractivity contribution in [3.05, 3.63) is 12.2 Å². The molecule has 24 heavy (non-hydrogen) atoms. The highest BCUT2D eigenvalue weighted by Crippen LogP contribution is 2.65. The first-order chi connectivity index (χ1) is 11.4. The van der Waals surface area contributed by atoms with Crippen LogP contribution in [-0.4, -0.2) is 17.4 Å². The van der Waals surface area contributed by atoms with Crippen molar-refractivity contribution < 1.29 is 9.50 Å². The van der Waals surface area contributed by atoms with Crippen LogP contribution in [0.5, 0.6) is 0 Å². The normalized spacial score (nSPS) is 53.8. The van der Waals surface area contributed by atoms with Crippen LogP contribution in [0.1, 0.15) is 71.6 Å². The zero-order valence-corrected chi connectivity index (χ0v) is 15.6. The molecule has 0 bridgehead atoms. The van der Waals surface area contributed by atoms with E-state index >= 15 is 0 Å². The first-order valence-corrected chi connectivity index (χ1v) is 10.3. The van der Waals surface area contributed by atoms with Gasteiger partial charge in [0.15, 0.2) is 0 Å². The molecule has 8 atom stereocenters. The lowest BCUT2D eigenvalue weighted by Crippen LogP contribution is -2.51. The molecule has 0 amide bonds. The van der Waals surface area contributed by atoms with Gasteiger partial charge in [0.05, 0.1) is 5.60 Å². The summed E-state index contributed by atoms with van der Waals surface area (Å²) in [5, 5.41) is 10.4. The Morgan fingerprint density at radius 3 is 2.50 bits per heavy atom. The van der Waals surface area contributed by atoms with Gasteiger partial charge in [-0.1, -0.05) is 19.1 Å². The summed E-state index contributed by atoms with van der Waals surface area (Å²) in [7, 11) is 0. The van der Waals surface area contributed by atoms with E-state index in [1.165, 1.54) is 44.1 Å². The number of rotatable bonds is 2. The van der Waals surface area contributed by atoms with Crippen molar-refractivity contribution in [2.24, 2.45) is 40.9 Å². The Morgan fingerprint density at radius 1 is 1.04 bits per heavy atom. The number of halogens is 1. The van der Waals surface area contributed by atoms with Crippen molar-refractivity contribution in [3.63, 3.8) is 0 Å². The fourth-order valence-electron chi connectivity index (χ4n) is 7.89. The van der Waals surface area contributed by atoms with Crippen molar-refractivity contribution in [2.45, 2.75) is 77.2 Å². The fourth-order valence-corrected chi connectivity index (χ4v) is 7.89. The Bertz CT molecular complexity index is 516. The maximum Gasteiger partial charge on any atom is 0.118 e. The monoisotopic (exact) mass is 334 g/mol. The minimum absolute atomic E-state index is 0.480. The van der Waals surface area contributed by atoms with E-state index in [4.69, 9.17) is 0 Å². The van der Waals surface area contributed by atoms with Crippen LogP contribution in [0.3, 0.4) is 0 Å². The Balaban J connectivity index is 1.54. The van der Waals surface area contributed by atoms with Crippen molar-refractivity contribution in [3.8, 4) is 0 Å². The molecule has 0 aliphatic heterocycles. The third-order valence-electron chi connectivity index (χ3n) is 8.95. The quantitative estimate of drug-likeness (QED) is 0.658.